The van der Waals surface area contributed by atoms with Crippen molar-refractivity contribution in [1.29, 1.82) is 0 Å². The minimum Gasteiger partial charge on any atom is -0.497 e. The molecule has 2 aromatic carbocycles. The maximum atomic E-state index is 12.6. The van der Waals surface area contributed by atoms with E-state index in [0.717, 1.165) is 12.8 Å². The van der Waals surface area contributed by atoms with E-state index >= 15 is 0 Å². The Morgan fingerprint density at radius 1 is 1.07 bits per heavy atom. The predicted molar refractivity (Wildman–Crippen MR) is 102 cm³/mol. The van der Waals surface area contributed by atoms with E-state index < -0.39 is 22.6 Å². The van der Waals surface area contributed by atoms with Gasteiger partial charge in [-0.15, -0.1) is 0 Å². The van der Waals surface area contributed by atoms with Gasteiger partial charge in [-0.1, -0.05) is 12.1 Å². The lowest BCUT2D eigenvalue weighted by Crippen LogP contribution is -2.30. The van der Waals surface area contributed by atoms with Gasteiger partial charge >= 0.3 is 5.97 Å². The molecular formula is C19H20N2O6S. The van der Waals surface area contributed by atoms with Crippen LogP contribution in [0.3, 0.4) is 0 Å². The molecule has 28 heavy (non-hydrogen) atoms. The van der Waals surface area contributed by atoms with Gasteiger partial charge in [0.15, 0.2) is 6.61 Å². The number of nitrogens with one attached hydrogen (secondary N) is 2. The van der Waals surface area contributed by atoms with Crippen LogP contribution in [-0.4, -0.2) is 40.1 Å². The summed E-state index contributed by atoms with van der Waals surface area (Å²) in [6.45, 7) is -0.422. The van der Waals surface area contributed by atoms with Gasteiger partial charge in [-0.05, 0) is 49.2 Å². The number of carbonyl (C=O) groups is 2. The number of para-hydroxylation sites is 1. The zero-order valence-electron chi connectivity index (χ0n) is 15.2. The molecule has 0 saturated heterocycles. The van der Waals surface area contributed by atoms with Gasteiger partial charge in [0.05, 0.1) is 23.3 Å². The fraction of sp³-hybridized carbons (Fsp3) is 0.263. The molecule has 2 aromatic rings. The van der Waals surface area contributed by atoms with Crippen LogP contribution < -0.4 is 14.8 Å². The van der Waals surface area contributed by atoms with Gasteiger partial charge in [-0.3, -0.25) is 9.52 Å². The van der Waals surface area contributed by atoms with Crippen LogP contribution in [0.5, 0.6) is 5.75 Å². The summed E-state index contributed by atoms with van der Waals surface area (Å²) >= 11 is 0. The van der Waals surface area contributed by atoms with Crippen LogP contribution in [-0.2, 0) is 19.6 Å². The van der Waals surface area contributed by atoms with E-state index in [1.54, 1.807) is 12.1 Å². The van der Waals surface area contributed by atoms with Gasteiger partial charge in [-0.2, -0.15) is 0 Å². The summed E-state index contributed by atoms with van der Waals surface area (Å²) in [5.41, 5.74) is 0.0738. The van der Waals surface area contributed by atoms with Crippen molar-refractivity contribution in [3.8, 4) is 5.75 Å². The summed E-state index contributed by atoms with van der Waals surface area (Å²) in [6, 6.07) is 12.0. The molecule has 0 radical (unpaired) electrons. The van der Waals surface area contributed by atoms with Crippen LogP contribution >= 0.6 is 0 Å². The lowest BCUT2D eigenvalue weighted by Gasteiger charge is -2.12. The Morgan fingerprint density at radius 2 is 1.75 bits per heavy atom. The van der Waals surface area contributed by atoms with E-state index in [0.29, 0.717) is 5.75 Å². The molecule has 0 heterocycles. The summed E-state index contributed by atoms with van der Waals surface area (Å²) in [5.74, 6) is -0.654. The molecule has 0 spiro atoms. The van der Waals surface area contributed by atoms with Crippen molar-refractivity contribution in [2.24, 2.45) is 0 Å². The maximum Gasteiger partial charge on any atom is 0.340 e. The Bertz CT molecular complexity index is 968. The van der Waals surface area contributed by atoms with E-state index in [4.69, 9.17) is 9.47 Å². The molecule has 0 aromatic heterocycles. The number of ether oxygens (including phenoxy) is 2. The molecule has 148 valence electrons. The molecule has 2 N–H and O–H groups in total. The van der Waals surface area contributed by atoms with Gasteiger partial charge in [0.25, 0.3) is 15.9 Å². The average molecular weight is 404 g/mol. The summed E-state index contributed by atoms with van der Waals surface area (Å²) in [5, 5.41) is 2.71. The van der Waals surface area contributed by atoms with Crippen LogP contribution in [0.25, 0.3) is 0 Å². The van der Waals surface area contributed by atoms with Crippen molar-refractivity contribution in [1.82, 2.24) is 5.32 Å². The van der Waals surface area contributed by atoms with Gasteiger partial charge in [-0.25, -0.2) is 13.2 Å². The fourth-order valence-corrected chi connectivity index (χ4v) is 3.49. The summed E-state index contributed by atoms with van der Waals surface area (Å²) in [6.07, 6.45) is 1.85. The van der Waals surface area contributed by atoms with Crippen molar-refractivity contribution >= 4 is 27.6 Å². The number of esters is 1. The number of methoxy groups -OCH3 is 1. The quantitative estimate of drug-likeness (QED) is 0.651. The van der Waals surface area contributed by atoms with Crippen LogP contribution in [0.1, 0.15) is 23.2 Å². The second-order valence-electron chi connectivity index (χ2n) is 6.24. The van der Waals surface area contributed by atoms with E-state index in [1.807, 2.05) is 0 Å². The Morgan fingerprint density at radius 3 is 2.39 bits per heavy atom. The highest BCUT2D eigenvalue weighted by molar-refractivity contribution is 7.92. The van der Waals surface area contributed by atoms with Gasteiger partial charge < -0.3 is 14.8 Å². The first-order valence-electron chi connectivity index (χ1n) is 8.61. The topological polar surface area (TPSA) is 111 Å². The molecule has 0 bridgehead atoms. The molecule has 1 amide bonds. The Kier molecular flexibility index (Phi) is 5.84. The first-order valence-corrected chi connectivity index (χ1v) is 10.1. The van der Waals surface area contributed by atoms with E-state index in [9.17, 15) is 18.0 Å². The number of hydrogen-bond donors (Lipinski definition) is 2. The lowest BCUT2D eigenvalue weighted by molar-refractivity contribution is -0.124. The number of rotatable bonds is 8. The number of carbonyl (C=O) groups excluding carboxylic acids is 2. The molecular weight excluding hydrogens is 384 g/mol. The molecule has 1 aliphatic carbocycles. The smallest absolute Gasteiger partial charge is 0.340 e. The second kappa shape index (κ2) is 8.30. The van der Waals surface area contributed by atoms with Crippen molar-refractivity contribution in [3.63, 3.8) is 0 Å². The first kappa shape index (κ1) is 19.7. The molecule has 0 aliphatic heterocycles. The van der Waals surface area contributed by atoms with Crippen molar-refractivity contribution in [2.75, 3.05) is 18.4 Å². The van der Waals surface area contributed by atoms with Crippen LogP contribution in [0.2, 0.25) is 0 Å². The number of amides is 1. The van der Waals surface area contributed by atoms with Crippen LogP contribution in [0.15, 0.2) is 53.4 Å². The van der Waals surface area contributed by atoms with Crippen LogP contribution in [0, 0.1) is 0 Å². The maximum absolute atomic E-state index is 12.6. The number of anilines is 1. The van der Waals surface area contributed by atoms with Crippen molar-refractivity contribution in [3.05, 3.63) is 54.1 Å². The average Bonchev–Trinajstić information content (AvgIpc) is 3.50. The standard InChI is InChI=1S/C19H20N2O6S/c1-26-14-8-10-15(11-9-14)28(24,25)21-17-5-3-2-4-16(17)19(23)27-12-18(22)20-13-6-7-13/h2-5,8-11,13,21H,6-7,12H2,1H3,(H,20,22). The minimum absolute atomic E-state index is 0.0128. The summed E-state index contributed by atoms with van der Waals surface area (Å²) in [7, 11) is -2.45. The second-order valence-corrected chi connectivity index (χ2v) is 7.93. The molecule has 1 saturated carbocycles. The third kappa shape index (κ3) is 5.01. The molecule has 1 aliphatic rings. The lowest BCUT2D eigenvalue weighted by atomic mass is 10.2. The third-order valence-corrected chi connectivity index (χ3v) is 5.42. The number of benzene rings is 2. The Balaban J connectivity index is 1.71. The van der Waals surface area contributed by atoms with E-state index in [2.05, 4.69) is 10.0 Å². The van der Waals surface area contributed by atoms with Crippen molar-refractivity contribution < 1.29 is 27.5 Å². The SMILES string of the molecule is COc1ccc(S(=O)(=O)Nc2ccccc2C(=O)OCC(=O)NC2CC2)cc1. The third-order valence-electron chi connectivity index (χ3n) is 4.04. The summed E-state index contributed by atoms with van der Waals surface area (Å²) < 4.78 is 37.6. The molecule has 9 heteroatoms. The molecule has 8 nitrogen and oxygen atoms in total. The van der Waals surface area contributed by atoms with Crippen molar-refractivity contribution in [2.45, 2.75) is 23.8 Å². The van der Waals surface area contributed by atoms with Gasteiger partial charge in [0.2, 0.25) is 0 Å². The molecule has 1 fully saturated rings. The number of hydrogen-bond acceptors (Lipinski definition) is 6. The normalized spacial score (nSPS) is 13.5. The molecule has 0 unspecified atom stereocenters. The zero-order valence-corrected chi connectivity index (χ0v) is 16.0. The monoisotopic (exact) mass is 404 g/mol. The van der Waals surface area contributed by atoms with E-state index in [1.165, 1.54) is 43.5 Å². The fourth-order valence-electron chi connectivity index (χ4n) is 2.41. The molecule has 3 rings (SSSR count). The number of sulfonamides is 1. The predicted octanol–water partition coefficient (Wildman–Crippen LogP) is 1.93. The Labute approximate surface area is 162 Å². The Hall–Kier alpha value is -3.07. The van der Waals surface area contributed by atoms with Crippen LogP contribution in [0.4, 0.5) is 5.69 Å². The highest BCUT2D eigenvalue weighted by atomic mass is 32.2. The largest absolute Gasteiger partial charge is 0.497 e. The highest BCUT2D eigenvalue weighted by Crippen LogP contribution is 2.22. The zero-order chi connectivity index (χ0) is 20.1. The minimum atomic E-state index is -3.93. The first-order chi connectivity index (χ1) is 13.4. The highest BCUT2D eigenvalue weighted by Gasteiger charge is 2.24. The molecule has 0 atom stereocenters. The van der Waals surface area contributed by atoms with Gasteiger partial charge in [0.1, 0.15) is 5.75 Å². The van der Waals surface area contributed by atoms with E-state index in [-0.39, 0.29) is 28.1 Å². The van der Waals surface area contributed by atoms with Gasteiger partial charge in [0, 0.05) is 6.04 Å². The summed E-state index contributed by atoms with van der Waals surface area (Å²) in [4.78, 5) is 24.0.